The summed E-state index contributed by atoms with van der Waals surface area (Å²) in [4.78, 5) is 32.9. The molecule has 1 atom stereocenters. The van der Waals surface area contributed by atoms with Gasteiger partial charge >= 0.3 is 5.97 Å². The van der Waals surface area contributed by atoms with Crippen LogP contribution in [0.25, 0.3) is 0 Å². The van der Waals surface area contributed by atoms with Crippen LogP contribution in [0.3, 0.4) is 0 Å². The van der Waals surface area contributed by atoms with Crippen molar-refractivity contribution in [3.8, 4) is 0 Å². The fraction of sp³-hybridized carbons (Fsp3) is 0.333. The normalized spacial score (nSPS) is 11.6. The maximum absolute atomic E-state index is 11.4. The van der Waals surface area contributed by atoms with Gasteiger partial charge in [-0.25, -0.2) is 0 Å². The van der Waals surface area contributed by atoms with Gasteiger partial charge in [-0.1, -0.05) is 18.2 Å². The lowest BCUT2D eigenvalue weighted by molar-refractivity contribution is -0.152. The minimum Gasteiger partial charge on any atom is -0.450 e. The first-order valence-corrected chi connectivity index (χ1v) is 5.50. The largest absolute Gasteiger partial charge is 0.450 e. The number of nitroso groups, excluding NO2 is 1. The van der Waals surface area contributed by atoms with E-state index in [0.717, 1.165) is 0 Å². The van der Waals surface area contributed by atoms with E-state index >= 15 is 0 Å². The highest BCUT2D eigenvalue weighted by atomic mass is 16.5. The summed E-state index contributed by atoms with van der Waals surface area (Å²) in [5.41, 5.74) is 5.63. The Bertz CT molecular complexity index is 434. The Labute approximate surface area is 104 Å². The van der Waals surface area contributed by atoms with E-state index in [9.17, 15) is 14.5 Å². The fourth-order valence-electron chi connectivity index (χ4n) is 1.42. The first-order valence-electron chi connectivity index (χ1n) is 5.50. The highest BCUT2D eigenvalue weighted by Crippen LogP contribution is 2.26. The van der Waals surface area contributed by atoms with E-state index in [-0.39, 0.29) is 17.7 Å². The van der Waals surface area contributed by atoms with Crippen molar-refractivity contribution in [3.63, 3.8) is 0 Å². The molecule has 96 valence electrons. The second kappa shape index (κ2) is 7.29. The lowest BCUT2D eigenvalue weighted by atomic mass is 10.1. The third-order valence-electron chi connectivity index (χ3n) is 2.31. The minimum atomic E-state index is -1.11. The van der Waals surface area contributed by atoms with E-state index in [2.05, 4.69) is 5.18 Å². The van der Waals surface area contributed by atoms with Gasteiger partial charge in [0.1, 0.15) is 5.69 Å². The Kier molecular flexibility index (Phi) is 5.66. The van der Waals surface area contributed by atoms with Crippen molar-refractivity contribution in [2.24, 2.45) is 10.9 Å². The monoisotopic (exact) mass is 250 g/mol. The van der Waals surface area contributed by atoms with Crippen molar-refractivity contribution in [2.45, 2.75) is 18.9 Å². The predicted octanol–water partition coefficient (Wildman–Crippen LogP) is 1.61. The van der Waals surface area contributed by atoms with Crippen LogP contribution in [0, 0.1) is 4.91 Å². The van der Waals surface area contributed by atoms with Crippen molar-refractivity contribution < 1.29 is 14.3 Å². The van der Waals surface area contributed by atoms with Gasteiger partial charge in [-0.15, -0.1) is 4.91 Å². The van der Waals surface area contributed by atoms with Crippen molar-refractivity contribution in [1.82, 2.24) is 0 Å². The molecule has 0 saturated carbocycles. The molecule has 1 aromatic carbocycles. The summed E-state index contributed by atoms with van der Waals surface area (Å²) in [5, 5.41) is 2.79. The Morgan fingerprint density at radius 2 is 2.17 bits per heavy atom. The van der Waals surface area contributed by atoms with Gasteiger partial charge in [0.2, 0.25) is 0 Å². The van der Waals surface area contributed by atoms with Gasteiger partial charge < -0.3 is 10.5 Å². The molecule has 0 spiro atoms. The molecule has 6 nitrogen and oxygen atoms in total. The molecule has 0 aromatic heterocycles. The van der Waals surface area contributed by atoms with Gasteiger partial charge in [-0.05, 0) is 24.2 Å². The van der Waals surface area contributed by atoms with E-state index in [1.165, 1.54) is 12.1 Å². The number of rotatable bonds is 7. The van der Waals surface area contributed by atoms with Crippen molar-refractivity contribution in [1.29, 1.82) is 0 Å². The number of carbonyl (C=O) groups is 2. The summed E-state index contributed by atoms with van der Waals surface area (Å²) in [5.74, 6) is -0.529. The van der Waals surface area contributed by atoms with Gasteiger partial charge in [-0.3, -0.25) is 9.59 Å². The molecule has 0 radical (unpaired) electrons. The summed E-state index contributed by atoms with van der Waals surface area (Å²) in [6, 6.07) is 6.21. The lowest BCUT2D eigenvalue weighted by Crippen LogP contribution is -2.14. The minimum absolute atomic E-state index is 0.0845. The first kappa shape index (κ1) is 14.0. The highest BCUT2D eigenvalue weighted by molar-refractivity contribution is 5.74. The summed E-state index contributed by atoms with van der Waals surface area (Å²) in [6.07, 6.45) is -0.0240. The molecule has 0 aliphatic rings. The SMILES string of the molecule is NCCCC(=O)OC(C=O)c1ccccc1N=O. The first-order chi connectivity index (χ1) is 8.72. The van der Waals surface area contributed by atoms with Crippen LogP contribution in [0.4, 0.5) is 5.69 Å². The average Bonchev–Trinajstić information content (AvgIpc) is 2.42. The second-order valence-electron chi connectivity index (χ2n) is 3.59. The van der Waals surface area contributed by atoms with E-state index in [1.807, 2.05) is 0 Å². The number of esters is 1. The molecule has 0 fully saturated rings. The van der Waals surface area contributed by atoms with Gasteiger partial charge in [0.05, 0.1) is 0 Å². The highest BCUT2D eigenvalue weighted by Gasteiger charge is 2.19. The molecular weight excluding hydrogens is 236 g/mol. The second-order valence-corrected chi connectivity index (χ2v) is 3.59. The number of aldehydes is 1. The third kappa shape index (κ3) is 3.74. The molecule has 6 heteroatoms. The lowest BCUT2D eigenvalue weighted by Gasteiger charge is -2.13. The molecule has 0 bridgehead atoms. The number of hydrogen-bond acceptors (Lipinski definition) is 6. The summed E-state index contributed by atoms with van der Waals surface area (Å²) in [6.45, 7) is 0.368. The number of hydrogen-bond donors (Lipinski definition) is 1. The zero-order chi connectivity index (χ0) is 13.4. The molecule has 2 N–H and O–H groups in total. The molecule has 1 rings (SSSR count). The summed E-state index contributed by atoms with van der Waals surface area (Å²) in [7, 11) is 0. The molecule has 1 aromatic rings. The number of nitrogens with zero attached hydrogens (tertiary/aromatic N) is 1. The Balaban J connectivity index is 2.79. The van der Waals surface area contributed by atoms with E-state index in [1.54, 1.807) is 12.1 Å². The van der Waals surface area contributed by atoms with Crippen LogP contribution in [-0.4, -0.2) is 18.8 Å². The molecule has 0 heterocycles. The Morgan fingerprint density at radius 1 is 1.44 bits per heavy atom. The van der Waals surface area contributed by atoms with E-state index in [4.69, 9.17) is 10.5 Å². The summed E-state index contributed by atoms with van der Waals surface area (Å²) >= 11 is 0. The van der Waals surface area contributed by atoms with Crippen LogP contribution in [0.15, 0.2) is 29.4 Å². The quantitative estimate of drug-likeness (QED) is 0.450. The van der Waals surface area contributed by atoms with Crippen LogP contribution < -0.4 is 5.73 Å². The Hall–Kier alpha value is -2.08. The smallest absolute Gasteiger partial charge is 0.306 e. The zero-order valence-corrected chi connectivity index (χ0v) is 9.74. The zero-order valence-electron chi connectivity index (χ0n) is 9.74. The molecule has 0 aliphatic carbocycles. The fourth-order valence-corrected chi connectivity index (χ4v) is 1.42. The van der Waals surface area contributed by atoms with Gasteiger partial charge in [0.15, 0.2) is 12.4 Å². The van der Waals surface area contributed by atoms with Crippen molar-refractivity contribution in [3.05, 3.63) is 34.7 Å². The van der Waals surface area contributed by atoms with E-state index in [0.29, 0.717) is 19.3 Å². The van der Waals surface area contributed by atoms with Crippen molar-refractivity contribution >= 4 is 17.9 Å². The van der Waals surface area contributed by atoms with Gasteiger partial charge in [-0.2, -0.15) is 0 Å². The molecular formula is C12H14N2O4. The maximum atomic E-state index is 11.4. The van der Waals surface area contributed by atoms with Gasteiger partial charge in [0.25, 0.3) is 0 Å². The number of nitrogens with two attached hydrogens (primary N) is 1. The molecule has 0 aliphatic heterocycles. The van der Waals surface area contributed by atoms with Crippen LogP contribution in [-0.2, 0) is 14.3 Å². The maximum Gasteiger partial charge on any atom is 0.306 e. The van der Waals surface area contributed by atoms with Crippen LogP contribution in [0.1, 0.15) is 24.5 Å². The third-order valence-corrected chi connectivity index (χ3v) is 2.31. The standard InChI is InChI=1S/C12H14N2O4/c13-7-3-6-12(16)18-11(8-15)9-4-1-2-5-10(9)14-17/h1-2,4-5,8,11H,3,6-7,13H2. The molecule has 0 amide bonds. The van der Waals surface area contributed by atoms with Crippen LogP contribution in [0.2, 0.25) is 0 Å². The summed E-state index contributed by atoms with van der Waals surface area (Å²) < 4.78 is 4.97. The molecule has 18 heavy (non-hydrogen) atoms. The number of ether oxygens (including phenoxy) is 1. The van der Waals surface area contributed by atoms with Crippen LogP contribution in [0.5, 0.6) is 0 Å². The Morgan fingerprint density at radius 3 is 2.78 bits per heavy atom. The topological polar surface area (TPSA) is 98.8 Å². The van der Waals surface area contributed by atoms with Gasteiger partial charge in [0, 0.05) is 12.0 Å². The molecule has 0 saturated heterocycles. The number of benzene rings is 1. The number of carbonyl (C=O) groups excluding carboxylic acids is 2. The van der Waals surface area contributed by atoms with Crippen LogP contribution >= 0.6 is 0 Å². The average molecular weight is 250 g/mol. The molecule has 1 unspecified atom stereocenters. The predicted molar refractivity (Wildman–Crippen MR) is 65.1 cm³/mol. The van der Waals surface area contributed by atoms with Crippen molar-refractivity contribution in [2.75, 3.05) is 6.54 Å². The van der Waals surface area contributed by atoms with E-state index < -0.39 is 12.1 Å².